The first-order valence-corrected chi connectivity index (χ1v) is 8.84. The summed E-state index contributed by atoms with van der Waals surface area (Å²) in [4.78, 5) is 12.2. The van der Waals surface area contributed by atoms with Gasteiger partial charge in [-0.1, -0.05) is 12.1 Å². The van der Waals surface area contributed by atoms with Crippen molar-refractivity contribution in [1.29, 1.82) is 0 Å². The predicted molar refractivity (Wildman–Crippen MR) is 91.6 cm³/mol. The molecule has 2 fully saturated rings. The van der Waals surface area contributed by atoms with Gasteiger partial charge in [-0.3, -0.25) is 4.79 Å². The number of aryl methyl sites for hydroxylation is 1. The summed E-state index contributed by atoms with van der Waals surface area (Å²) in [6, 6.07) is 9.30. The zero-order valence-electron chi connectivity index (χ0n) is 14.2. The topological polar surface area (TPSA) is 50.4 Å². The number of ether oxygens (including phenoxy) is 1. The molecule has 0 spiro atoms. The smallest absolute Gasteiger partial charge is 0.220 e. The van der Waals surface area contributed by atoms with E-state index in [0.29, 0.717) is 31.0 Å². The van der Waals surface area contributed by atoms with Crippen molar-refractivity contribution in [2.45, 2.75) is 64.1 Å². The van der Waals surface area contributed by atoms with E-state index in [1.54, 1.807) is 0 Å². The van der Waals surface area contributed by atoms with Crippen LogP contribution in [-0.4, -0.2) is 30.6 Å². The third-order valence-electron chi connectivity index (χ3n) is 4.96. The lowest BCUT2D eigenvalue weighted by molar-refractivity contribution is -0.122. The first-order valence-electron chi connectivity index (χ1n) is 8.84. The van der Waals surface area contributed by atoms with Gasteiger partial charge in [0.2, 0.25) is 5.91 Å². The average Bonchev–Trinajstić information content (AvgIpc) is 2.84. The van der Waals surface area contributed by atoms with Crippen molar-refractivity contribution < 1.29 is 9.53 Å². The minimum Gasteiger partial charge on any atom is -0.489 e. The van der Waals surface area contributed by atoms with E-state index >= 15 is 0 Å². The molecule has 2 bridgehead atoms. The second-order valence-corrected chi connectivity index (χ2v) is 7.23. The van der Waals surface area contributed by atoms with Crippen LogP contribution in [0.25, 0.3) is 0 Å². The number of hydrogen-bond donors (Lipinski definition) is 2. The molecule has 4 nitrogen and oxygen atoms in total. The maximum atomic E-state index is 12.2. The van der Waals surface area contributed by atoms with Crippen molar-refractivity contribution in [3.63, 3.8) is 0 Å². The minimum absolute atomic E-state index is 0.0232. The van der Waals surface area contributed by atoms with Crippen LogP contribution in [0.1, 0.15) is 44.6 Å². The Balaban J connectivity index is 1.38. The Morgan fingerprint density at radius 3 is 2.78 bits per heavy atom. The van der Waals surface area contributed by atoms with Crippen LogP contribution >= 0.6 is 0 Å². The van der Waals surface area contributed by atoms with Crippen molar-refractivity contribution in [1.82, 2.24) is 10.6 Å². The molecule has 1 amide bonds. The summed E-state index contributed by atoms with van der Waals surface area (Å²) in [5, 5.41) is 6.65. The van der Waals surface area contributed by atoms with Crippen molar-refractivity contribution in [3.8, 4) is 5.75 Å². The summed E-state index contributed by atoms with van der Waals surface area (Å²) in [6.45, 7) is 4.60. The predicted octanol–water partition coefficient (Wildman–Crippen LogP) is 2.80. The molecule has 0 aliphatic carbocycles. The lowest BCUT2D eigenvalue weighted by atomic mass is 9.89. The van der Waals surface area contributed by atoms with E-state index in [0.717, 1.165) is 18.6 Å². The fourth-order valence-corrected chi connectivity index (χ4v) is 3.90. The van der Waals surface area contributed by atoms with Gasteiger partial charge in [-0.05, 0) is 63.1 Å². The number of amides is 1. The number of carbonyl (C=O) groups excluding carboxylic acids is 1. The van der Waals surface area contributed by atoms with Crippen molar-refractivity contribution in [2.75, 3.05) is 6.54 Å². The fraction of sp³-hybridized carbons (Fsp3) is 0.632. The molecule has 2 aliphatic rings. The Hall–Kier alpha value is -1.55. The van der Waals surface area contributed by atoms with Crippen LogP contribution in [0, 0.1) is 12.8 Å². The highest BCUT2D eigenvalue weighted by atomic mass is 16.5. The van der Waals surface area contributed by atoms with E-state index < -0.39 is 0 Å². The van der Waals surface area contributed by atoms with E-state index in [-0.39, 0.29) is 12.0 Å². The van der Waals surface area contributed by atoms with Crippen molar-refractivity contribution >= 4 is 5.91 Å². The number of hydrogen-bond acceptors (Lipinski definition) is 3. The number of benzene rings is 1. The van der Waals surface area contributed by atoms with Crippen LogP contribution in [0.4, 0.5) is 0 Å². The Labute approximate surface area is 139 Å². The molecule has 0 radical (unpaired) electrons. The quantitative estimate of drug-likeness (QED) is 0.848. The van der Waals surface area contributed by atoms with E-state index in [9.17, 15) is 4.79 Å². The summed E-state index contributed by atoms with van der Waals surface area (Å²) >= 11 is 0. The third kappa shape index (κ3) is 4.71. The van der Waals surface area contributed by atoms with E-state index in [2.05, 4.69) is 10.6 Å². The minimum atomic E-state index is -0.0232. The normalized spacial score (nSPS) is 27.5. The Morgan fingerprint density at radius 1 is 1.35 bits per heavy atom. The molecule has 2 heterocycles. The molecule has 0 saturated carbocycles. The molecule has 3 unspecified atom stereocenters. The van der Waals surface area contributed by atoms with Crippen LogP contribution in [0.15, 0.2) is 24.3 Å². The van der Waals surface area contributed by atoms with Gasteiger partial charge in [0.15, 0.2) is 0 Å². The lowest BCUT2D eigenvalue weighted by Gasteiger charge is -2.28. The molecule has 2 saturated heterocycles. The Kier molecular flexibility index (Phi) is 5.21. The monoisotopic (exact) mass is 316 g/mol. The van der Waals surface area contributed by atoms with Gasteiger partial charge in [0.1, 0.15) is 11.9 Å². The van der Waals surface area contributed by atoms with Gasteiger partial charge in [-0.15, -0.1) is 0 Å². The van der Waals surface area contributed by atoms with Gasteiger partial charge in [0.25, 0.3) is 0 Å². The highest BCUT2D eigenvalue weighted by Crippen LogP contribution is 2.32. The molecule has 2 aliphatic heterocycles. The maximum absolute atomic E-state index is 12.2. The van der Waals surface area contributed by atoms with Crippen LogP contribution < -0.4 is 15.4 Å². The fourth-order valence-electron chi connectivity index (χ4n) is 3.90. The van der Waals surface area contributed by atoms with Gasteiger partial charge < -0.3 is 15.4 Å². The third-order valence-corrected chi connectivity index (χ3v) is 4.96. The number of carbonyl (C=O) groups is 1. The van der Waals surface area contributed by atoms with Gasteiger partial charge in [0.05, 0.1) is 6.54 Å². The zero-order chi connectivity index (χ0) is 16.2. The molecule has 4 heteroatoms. The summed E-state index contributed by atoms with van der Waals surface area (Å²) in [5.41, 5.74) is 1.18. The number of fused-ring (bicyclic) bond motifs is 2. The van der Waals surface area contributed by atoms with E-state index in [4.69, 9.17) is 4.74 Å². The van der Waals surface area contributed by atoms with E-state index in [1.165, 1.54) is 18.4 Å². The molecule has 23 heavy (non-hydrogen) atoms. The number of rotatable bonds is 6. The van der Waals surface area contributed by atoms with Crippen LogP contribution in [0.3, 0.4) is 0 Å². The van der Waals surface area contributed by atoms with Gasteiger partial charge in [0, 0.05) is 18.5 Å². The number of nitrogens with one attached hydrogen (secondary N) is 2. The summed E-state index contributed by atoms with van der Waals surface area (Å²) in [7, 11) is 0. The van der Waals surface area contributed by atoms with Gasteiger partial charge in [-0.2, -0.15) is 0 Å². The highest BCUT2D eigenvalue weighted by molar-refractivity contribution is 5.76. The largest absolute Gasteiger partial charge is 0.489 e. The average molecular weight is 316 g/mol. The SMILES string of the molecule is Cc1cccc(OC(C)CNC(=O)CC2CC3CCC(C2)N3)c1. The molecular formula is C19H28N2O2. The summed E-state index contributed by atoms with van der Waals surface area (Å²) in [5.74, 6) is 1.57. The highest BCUT2D eigenvalue weighted by Gasteiger charge is 2.34. The molecule has 0 aromatic heterocycles. The first kappa shape index (κ1) is 16.3. The lowest BCUT2D eigenvalue weighted by Crippen LogP contribution is -2.40. The maximum Gasteiger partial charge on any atom is 0.220 e. The molecule has 1 aromatic rings. The molecule has 3 rings (SSSR count). The standard InChI is InChI=1S/C19H28N2O2/c1-13-4-3-5-18(8-13)23-14(2)12-20-19(22)11-15-9-16-6-7-17(10-15)21-16/h3-5,8,14-17,21H,6-7,9-12H2,1-2H3,(H,20,22). The summed E-state index contributed by atoms with van der Waals surface area (Å²) in [6.07, 6.45) is 5.50. The molecule has 3 atom stereocenters. The summed E-state index contributed by atoms with van der Waals surface area (Å²) < 4.78 is 5.85. The molecule has 1 aromatic carbocycles. The second-order valence-electron chi connectivity index (χ2n) is 7.23. The second kappa shape index (κ2) is 7.35. The van der Waals surface area contributed by atoms with Crippen molar-refractivity contribution in [2.24, 2.45) is 5.92 Å². The van der Waals surface area contributed by atoms with E-state index in [1.807, 2.05) is 38.1 Å². The Morgan fingerprint density at radius 2 is 2.09 bits per heavy atom. The van der Waals surface area contributed by atoms with Crippen molar-refractivity contribution in [3.05, 3.63) is 29.8 Å². The first-order chi connectivity index (χ1) is 11.1. The number of piperidine rings is 1. The molecule has 126 valence electrons. The van der Waals surface area contributed by atoms with Crippen LogP contribution in [0.5, 0.6) is 5.75 Å². The van der Waals surface area contributed by atoms with Crippen LogP contribution in [0.2, 0.25) is 0 Å². The zero-order valence-corrected chi connectivity index (χ0v) is 14.2. The van der Waals surface area contributed by atoms with Crippen LogP contribution in [-0.2, 0) is 4.79 Å². The van der Waals surface area contributed by atoms with Gasteiger partial charge >= 0.3 is 0 Å². The Bertz CT molecular complexity index is 534. The van der Waals surface area contributed by atoms with Gasteiger partial charge in [-0.25, -0.2) is 0 Å². The molecular weight excluding hydrogens is 288 g/mol. The molecule has 2 N–H and O–H groups in total.